The van der Waals surface area contributed by atoms with E-state index in [-0.39, 0.29) is 47.7 Å². The molecule has 0 spiro atoms. The summed E-state index contributed by atoms with van der Waals surface area (Å²) in [6.07, 6.45) is 3.57. The number of aromatic nitrogens is 4. The Kier molecular flexibility index (Phi) is 5.46. The fourth-order valence-corrected chi connectivity index (χ4v) is 4.60. The highest BCUT2D eigenvalue weighted by atomic mass is 35.5. The van der Waals surface area contributed by atoms with E-state index in [1.165, 1.54) is 12.4 Å². The quantitative estimate of drug-likeness (QED) is 0.472. The summed E-state index contributed by atoms with van der Waals surface area (Å²) in [7, 11) is -4.36. The molecule has 1 fully saturated rings. The van der Waals surface area contributed by atoms with Crippen LogP contribution < -0.4 is 10.3 Å². The van der Waals surface area contributed by atoms with Gasteiger partial charge < -0.3 is 19.9 Å². The summed E-state index contributed by atoms with van der Waals surface area (Å²) in [5.41, 5.74) is 6.89. The minimum atomic E-state index is -4.36. The molecular weight excluding hydrogens is 421 g/mol. The fourth-order valence-electron chi connectivity index (χ4n) is 3.53. The number of halogens is 1. The monoisotopic (exact) mass is 439 g/mol. The van der Waals surface area contributed by atoms with Crippen LogP contribution in [-0.2, 0) is 9.09 Å². The zero-order chi connectivity index (χ0) is 20.6. The van der Waals surface area contributed by atoms with E-state index in [2.05, 4.69) is 15.0 Å². The number of imidazole rings is 1. The van der Waals surface area contributed by atoms with Gasteiger partial charge in [-0.1, -0.05) is 23.7 Å². The highest BCUT2D eigenvalue weighted by Crippen LogP contribution is 2.50. The van der Waals surface area contributed by atoms with E-state index in [4.69, 9.17) is 26.4 Å². The first-order valence-electron chi connectivity index (χ1n) is 8.85. The van der Waals surface area contributed by atoms with Crippen molar-refractivity contribution in [2.45, 2.75) is 12.5 Å². The van der Waals surface area contributed by atoms with Gasteiger partial charge in [-0.25, -0.2) is 19.5 Å². The van der Waals surface area contributed by atoms with Crippen molar-refractivity contribution in [2.75, 3.05) is 18.9 Å². The van der Waals surface area contributed by atoms with Gasteiger partial charge in [-0.05, 0) is 24.5 Å². The van der Waals surface area contributed by atoms with E-state index in [1.807, 2.05) is 4.57 Å². The summed E-state index contributed by atoms with van der Waals surface area (Å²) in [4.78, 5) is 22.4. The molecule has 0 aliphatic heterocycles. The minimum absolute atomic E-state index is 0.0519. The molecule has 2 heterocycles. The number of nitrogen functional groups attached to an aromatic ring is 1. The maximum atomic E-state index is 12.2. The van der Waals surface area contributed by atoms with E-state index in [9.17, 15) is 14.6 Å². The molecule has 1 saturated carbocycles. The molecule has 12 heteroatoms. The van der Waals surface area contributed by atoms with Crippen molar-refractivity contribution in [3.05, 3.63) is 41.9 Å². The molecular formula is C17H19ClN5O5P. The molecule has 1 aliphatic rings. The molecule has 154 valence electrons. The number of para-hydroxylation sites is 1. The van der Waals surface area contributed by atoms with E-state index in [0.29, 0.717) is 17.6 Å². The Morgan fingerprint density at radius 1 is 1.31 bits per heavy atom. The summed E-state index contributed by atoms with van der Waals surface area (Å²) >= 11 is 5.94. The number of fused-ring (bicyclic) bond motifs is 1. The standard InChI is InChI=1S/C17H19ClN5O5P/c18-12-3-1-2-4-14(12)28-29(25,26)27-7-10-5-13(11(10)6-24)23-9-22-15-16(19)20-8-21-17(15)23/h1-4,8-11,13,24H,5-7H2,(H,25,26)(H2,19,20,21)/t10-,11-,13-/m1/s1. The zero-order valence-corrected chi connectivity index (χ0v) is 16.8. The predicted octanol–water partition coefficient (Wildman–Crippen LogP) is 2.43. The molecule has 4 rings (SSSR count). The predicted molar refractivity (Wildman–Crippen MR) is 105 cm³/mol. The normalized spacial score (nSPS) is 23.5. The Morgan fingerprint density at radius 2 is 2.10 bits per heavy atom. The second-order valence-electron chi connectivity index (χ2n) is 6.78. The maximum Gasteiger partial charge on any atom is 0.527 e. The van der Waals surface area contributed by atoms with Gasteiger partial charge in [0.05, 0.1) is 18.0 Å². The number of nitrogens with zero attached hydrogens (tertiary/aromatic N) is 4. The molecule has 1 aromatic carbocycles. The molecule has 0 saturated heterocycles. The van der Waals surface area contributed by atoms with Gasteiger partial charge in [0, 0.05) is 18.6 Å². The number of benzene rings is 1. The molecule has 10 nitrogen and oxygen atoms in total. The first kappa shape index (κ1) is 20.1. The number of nitrogens with two attached hydrogens (primary N) is 1. The molecule has 0 bridgehead atoms. The Bertz CT molecular complexity index is 1080. The molecule has 4 atom stereocenters. The van der Waals surface area contributed by atoms with E-state index < -0.39 is 7.82 Å². The Morgan fingerprint density at radius 3 is 2.86 bits per heavy atom. The van der Waals surface area contributed by atoms with Crippen LogP contribution in [0.4, 0.5) is 5.82 Å². The maximum absolute atomic E-state index is 12.2. The van der Waals surface area contributed by atoms with E-state index in [0.717, 1.165) is 0 Å². The van der Waals surface area contributed by atoms with Gasteiger partial charge >= 0.3 is 7.82 Å². The molecule has 3 aromatic rings. The summed E-state index contributed by atoms with van der Waals surface area (Å²) in [5, 5.41) is 10.0. The molecule has 0 radical (unpaired) electrons. The molecule has 4 N–H and O–H groups in total. The largest absolute Gasteiger partial charge is 0.527 e. The van der Waals surface area contributed by atoms with Gasteiger partial charge in [-0.3, -0.25) is 9.42 Å². The van der Waals surface area contributed by atoms with Gasteiger partial charge in [0.25, 0.3) is 0 Å². The number of aliphatic hydroxyl groups excluding tert-OH is 1. The van der Waals surface area contributed by atoms with Crippen molar-refractivity contribution in [3.8, 4) is 5.75 Å². The fraction of sp³-hybridized carbons (Fsp3) is 0.353. The van der Waals surface area contributed by atoms with Crippen LogP contribution in [-0.4, -0.2) is 42.7 Å². The second-order valence-corrected chi connectivity index (χ2v) is 8.56. The smallest absolute Gasteiger partial charge is 0.403 e. The zero-order valence-electron chi connectivity index (χ0n) is 15.1. The van der Waals surface area contributed by atoms with E-state index >= 15 is 0 Å². The number of hydrogen-bond donors (Lipinski definition) is 3. The molecule has 2 aromatic heterocycles. The Balaban J connectivity index is 1.41. The van der Waals surface area contributed by atoms with Crippen LogP contribution in [0.1, 0.15) is 12.5 Å². The van der Waals surface area contributed by atoms with Gasteiger partial charge in [0.1, 0.15) is 17.6 Å². The van der Waals surface area contributed by atoms with Gasteiger partial charge in [0.15, 0.2) is 11.5 Å². The third-order valence-electron chi connectivity index (χ3n) is 5.10. The van der Waals surface area contributed by atoms with E-state index in [1.54, 1.807) is 24.5 Å². The van der Waals surface area contributed by atoms with Gasteiger partial charge in [0.2, 0.25) is 0 Å². The first-order chi connectivity index (χ1) is 13.9. The molecule has 1 unspecified atom stereocenters. The lowest BCUT2D eigenvalue weighted by Gasteiger charge is -2.44. The van der Waals surface area contributed by atoms with Crippen LogP contribution in [0.25, 0.3) is 11.2 Å². The number of rotatable bonds is 7. The average Bonchev–Trinajstić information content (AvgIpc) is 3.08. The highest BCUT2D eigenvalue weighted by Gasteiger charge is 2.44. The summed E-state index contributed by atoms with van der Waals surface area (Å²) in [6, 6.07) is 6.24. The SMILES string of the molecule is Nc1ncnc2c1ncn2[C@@H]1C[C@H](COP(=O)(O)Oc2ccccc2Cl)[C@H]1CO. The van der Waals surface area contributed by atoms with Crippen molar-refractivity contribution in [3.63, 3.8) is 0 Å². The van der Waals surface area contributed by atoms with Crippen LogP contribution in [0.5, 0.6) is 5.75 Å². The van der Waals surface area contributed by atoms with Crippen molar-refractivity contribution in [1.29, 1.82) is 0 Å². The molecule has 0 amide bonds. The van der Waals surface area contributed by atoms with Crippen LogP contribution in [0.15, 0.2) is 36.9 Å². The van der Waals surface area contributed by atoms with Crippen LogP contribution in [0, 0.1) is 11.8 Å². The number of phosphoric ester groups is 1. The lowest BCUT2D eigenvalue weighted by atomic mass is 9.70. The number of aliphatic hydroxyl groups is 1. The van der Waals surface area contributed by atoms with Gasteiger partial charge in [-0.2, -0.15) is 0 Å². The second kappa shape index (κ2) is 7.89. The number of phosphoric acid groups is 1. The molecule has 1 aliphatic carbocycles. The van der Waals surface area contributed by atoms with Crippen molar-refractivity contribution in [2.24, 2.45) is 11.8 Å². The average molecular weight is 440 g/mol. The van der Waals surface area contributed by atoms with Crippen molar-refractivity contribution >= 4 is 36.4 Å². The number of anilines is 1. The number of hydrogen-bond acceptors (Lipinski definition) is 8. The lowest BCUT2D eigenvalue weighted by molar-refractivity contribution is -0.00488. The van der Waals surface area contributed by atoms with Crippen LogP contribution in [0.2, 0.25) is 5.02 Å². The lowest BCUT2D eigenvalue weighted by Crippen LogP contribution is -2.42. The first-order valence-corrected chi connectivity index (χ1v) is 10.7. The minimum Gasteiger partial charge on any atom is -0.403 e. The van der Waals surface area contributed by atoms with Crippen molar-refractivity contribution in [1.82, 2.24) is 19.5 Å². The van der Waals surface area contributed by atoms with Gasteiger partial charge in [-0.15, -0.1) is 0 Å². The third-order valence-corrected chi connectivity index (χ3v) is 6.32. The third kappa shape index (κ3) is 3.94. The Hall–Kier alpha value is -2.23. The topological polar surface area (TPSA) is 146 Å². The highest BCUT2D eigenvalue weighted by molar-refractivity contribution is 7.47. The van der Waals surface area contributed by atoms with Crippen molar-refractivity contribution < 1.29 is 23.6 Å². The molecule has 29 heavy (non-hydrogen) atoms. The van der Waals surface area contributed by atoms with Crippen LogP contribution in [0.3, 0.4) is 0 Å². The summed E-state index contributed by atoms with van der Waals surface area (Å²) < 4.78 is 24.3. The van der Waals surface area contributed by atoms with Crippen LogP contribution >= 0.6 is 19.4 Å². The summed E-state index contributed by atoms with van der Waals surface area (Å²) in [5.74, 6) is -0.000319. The Labute approximate surface area is 170 Å². The summed E-state index contributed by atoms with van der Waals surface area (Å²) in [6.45, 7) is -0.177.